The maximum Gasteiger partial charge on any atom is 0.181 e. The molecule has 0 saturated heterocycles. The lowest BCUT2D eigenvalue weighted by molar-refractivity contribution is -0.652. The van der Waals surface area contributed by atoms with Crippen molar-refractivity contribution < 1.29 is 10.2 Å². The maximum absolute atomic E-state index is 5.99. The Labute approximate surface area is 116 Å². The molecule has 1 atom stereocenters. The maximum atomic E-state index is 5.99. The molecular weight excluding hydrogens is 271 g/mol. The number of benzene rings is 1. The third kappa shape index (κ3) is 3.25. The molecule has 1 aromatic rings. The van der Waals surface area contributed by atoms with Gasteiger partial charge in [0, 0.05) is 12.0 Å². The second kappa shape index (κ2) is 6.23. The highest BCUT2D eigenvalue weighted by Gasteiger charge is 2.23. The van der Waals surface area contributed by atoms with E-state index >= 15 is 0 Å². The number of quaternary nitrogens is 1. The molecule has 0 unspecified atom stereocenters. The Bertz CT molecular complexity index is 474. The van der Waals surface area contributed by atoms with Gasteiger partial charge in [-0.15, -0.1) is 0 Å². The highest BCUT2D eigenvalue weighted by atomic mass is 35.5. The van der Waals surface area contributed by atoms with E-state index in [1.807, 2.05) is 18.2 Å². The van der Waals surface area contributed by atoms with Gasteiger partial charge in [0.15, 0.2) is 6.10 Å². The standard InChI is InChI=1S/C13H14Cl2N2O/c1-2-5-16-8-10-7-13(17-18-10)9-3-4-11(14)12(15)6-9/h2-4,6,10,16H,1,5,7-8H2/p+1/t10-/m0/s1. The number of rotatable bonds is 5. The van der Waals surface area contributed by atoms with Crippen LogP contribution in [0.1, 0.15) is 12.0 Å². The zero-order valence-electron chi connectivity index (χ0n) is 9.90. The van der Waals surface area contributed by atoms with Gasteiger partial charge in [-0.3, -0.25) is 0 Å². The van der Waals surface area contributed by atoms with Crippen molar-refractivity contribution in [2.24, 2.45) is 5.16 Å². The summed E-state index contributed by atoms with van der Waals surface area (Å²) in [6.07, 6.45) is 2.79. The van der Waals surface area contributed by atoms with Gasteiger partial charge in [0.1, 0.15) is 6.54 Å². The Balaban J connectivity index is 1.95. The predicted octanol–water partition coefficient (Wildman–Crippen LogP) is 2.24. The van der Waals surface area contributed by atoms with Crippen LogP contribution < -0.4 is 5.32 Å². The Morgan fingerprint density at radius 1 is 1.44 bits per heavy atom. The molecule has 2 N–H and O–H groups in total. The highest BCUT2D eigenvalue weighted by Crippen LogP contribution is 2.25. The zero-order chi connectivity index (χ0) is 13.0. The van der Waals surface area contributed by atoms with Crippen LogP contribution in [0.15, 0.2) is 36.0 Å². The fourth-order valence-electron chi connectivity index (χ4n) is 1.80. The number of hydrogen-bond acceptors (Lipinski definition) is 2. The molecular formula is C13H15Cl2N2O+. The van der Waals surface area contributed by atoms with Crippen LogP contribution in [0.2, 0.25) is 10.0 Å². The van der Waals surface area contributed by atoms with Gasteiger partial charge in [-0.1, -0.05) is 41.0 Å². The molecule has 0 saturated carbocycles. The molecule has 0 radical (unpaired) electrons. The predicted molar refractivity (Wildman–Crippen MR) is 74.3 cm³/mol. The van der Waals surface area contributed by atoms with Crippen LogP contribution in [0.5, 0.6) is 0 Å². The van der Waals surface area contributed by atoms with Crippen molar-refractivity contribution in [3.8, 4) is 0 Å². The summed E-state index contributed by atoms with van der Waals surface area (Å²) in [6, 6.07) is 5.51. The summed E-state index contributed by atoms with van der Waals surface area (Å²) in [4.78, 5) is 5.38. The number of oxime groups is 1. The molecule has 0 aliphatic carbocycles. The van der Waals surface area contributed by atoms with Gasteiger partial charge in [-0.25, -0.2) is 0 Å². The van der Waals surface area contributed by atoms with Gasteiger partial charge in [-0.2, -0.15) is 0 Å². The first-order valence-corrected chi connectivity index (χ1v) is 6.57. The smallest absolute Gasteiger partial charge is 0.181 e. The minimum absolute atomic E-state index is 0.120. The van der Waals surface area contributed by atoms with Gasteiger partial charge in [0.2, 0.25) is 0 Å². The first kappa shape index (κ1) is 13.4. The van der Waals surface area contributed by atoms with Crippen molar-refractivity contribution in [2.75, 3.05) is 13.1 Å². The lowest BCUT2D eigenvalue weighted by Gasteiger charge is -2.05. The van der Waals surface area contributed by atoms with E-state index in [2.05, 4.69) is 17.1 Å². The van der Waals surface area contributed by atoms with Crippen molar-refractivity contribution >= 4 is 28.9 Å². The quantitative estimate of drug-likeness (QED) is 0.654. The second-order valence-corrected chi connectivity index (χ2v) is 4.96. The molecule has 96 valence electrons. The summed E-state index contributed by atoms with van der Waals surface area (Å²) >= 11 is 11.9. The van der Waals surface area contributed by atoms with Crippen LogP contribution in [0.3, 0.4) is 0 Å². The van der Waals surface area contributed by atoms with Crippen molar-refractivity contribution in [1.82, 2.24) is 0 Å². The van der Waals surface area contributed by atoms with E-state index in [0.29, 0.717) is 10.0 Å². The Hall–Kier alpha value is -1.03. The van der Waals surface area contributed by atoms with Crippen molar-refractivity contribution in [1.29, 1.82) is 0 Å². The average molecular weight is 286 g/mol. The van der Waals surface area contributed by atoms with Crippen LogP contribution in [0.25, 0.3) is 0 Å². The molecule has 0 bridgehead atoms. The van der Waals surface area contributed by atoms with E-state index in [0.717, 1.165) is 30.8 Å². The molecule has 1 aliphatic heterocycles. The molecule has 0 fully saturated rings. The Morgan fingerprint density at radius 3 is 3.00 bits per heavy atom. The third-order valence-electron chi connectivity index (χ3n) is 2.75. The number of nitrogens with two attached hydrogens (primary N) is 1. The van der Waals surface area contributed by atoms with Gasteiger partial charge in [-0.05, 0) is 18.2 Å². The van der Waals surface area contributed by atoms with Crippen LogP contribution in [0, 0.1) is 0 Å². The van der Waals surface area contributed by atoms with E-state index in [-0.39, 0.29) is 6.10 Å². The first-order valence-electron chi connectivity index (χ1n) is 5.81. The van der Waals surface area contributed by atoms with Crippen molar-refractivity contribution in [2.45, 2.75) is 12.5 Å². The van der Waals surface area contributed by atoms with E-state index < -0.39 is 0 Å². The van der Waals surface area contributed by atoms with Gasteiger partial charge in [0.25, 0.3) is 0 Å². The summed E-state index contributed by atoms with van der Waals surface area (Å²) in [5.74, 6) is 0. The normalized spacial score (nSPS) is 18.3. The fourth-order valence-corrected chi connectivity index (χ4v) is 2.10. The van der Waals surface area contributed by atoms with Crippen molar-refractivity contribution in [3.05, 3.63) is 46.5 Å². The number of nitrogens with zero attached hydrogens (tertiary/aromatic N) is 1. The average Bonchev–Trinajstić information content (AvgIpc) is 2.82. The SMILES string of the molecule is C=CC[NH2+]C[C@@H]1CC(c2ccc(Cl)c(Cl)c2)=NO1. The van der Waals surface area contributed by atoms with Crippen LogP contribution in [-0.4, -0.2) is 24.9 Å². The minimum Gasteiger partial charge on any atom is -0.386 e. The first-order chi connectivity index (χ1) is 8.70. The second-order valence-electron chi connectivity index (χ2n) is 4.15. The summed E-state index contributed by atoms with van der Waals surface area (Å²) in [6.45, 7) is 5.44. The molecule has 2 rings (SSSR count). The largest absolute Gasteiger partial charge is 0.386 e. The lowest BCUT2D eigenvalue weighted by Crippen LogP contribution is -2.86. The topological polar surface area (TPSA) is 38.2 Å². The molecule has 1 aromatic carbocycles. The molecule has 1 heterocycles. The number of halogens is 2. The summed E-state index contributed by atoms with van der Waals surface area (Å²) in [5, 5.41) is 7.34. The molecule has 3 nitrogen and oxygen atoms in total. The van der Waals surface area contributed by atoms with Crippen molar-refractivity contribution in [3.63, 3.8) is 0 Å². The van der Waals surface area contributed by atoms with Gasteiger partial charge in [0.05, 0.1) is 22.3 Å². The lowest BCUT2D eigenvalue weighted by atomic mass is 10.1. The van der Waals surface area contributed by atoms with E-state index in [4.69, 9.17) is 28.0 Å². The van der Waals surface area contributed by atoms with Crippen LogP contribution in [0.4, 0.5) is 0 Å². The zero-order valence-corrected chi connectivity index (χ0v) is 11.4. The van der Waals surface area contributed by atoms with Crippen LogP contribution >= 0.6 is 23.2 Å². The molecule has 18 heavy (non-hydrogen) atoms. The fraction of sp³-hybridized carbons (Fsp3) is 0.308. The van der Waals surface area contributed by atoms with Gasteiger partial charge >= 0.3 is 0 Å². The summed E-state index contributed by atoms with van der Waals surface area (Å²) < 4.78 is 0. The molecule has 1 aliphatic rings. The Kier molecular flexibility index (Phi) is 4.64. The molecule has 0 spiro atoms. The van der Waals surface area contributed by atoms with E-state index in [9.17, 15) is 0 Å². The molecule has 5 heteroatoms. The molecule has 0 aromatic heterocycles. The Morgan fingerprint density at radius 2 is 2.28 bits per heavy atom. The summed E-state index contributed by atoms with van der Waals surface area (Å²) in [7, 11) is 0. The molecule has 0 amide bonds. The van der Waals surface area contributed by atoms with E-state index in [1.165, 1.54) is 0 Å². The summed E-state index contributed by atoms with van der Waals surface area (Å²) in [5.41, 5.74) is 1.89. The highest BCUT2D eigenvalue weighted by molar-refractivity contribution is 6.42. The number of hydrogen-bond donors (Lipinski definition) is 1. The van der Waals surface area contributed by atoms with E-state index in [1.54, 1.807) is 6.07 Å². The third-order valence-corrected chi connectivity index (χ3v) is 3.49. The van der Waals surface area contributed by atoms with Gasteiger partial charge < -0.3 is 10.2 Å². The minimum atomic E-state index is 0.120. The van der Waals surface area contributed by atoms with Crippen LogP contribution in [-0.2, 0) is 4.84 Å². The monoisotopic (exact) mass is 285 g/mol.